The summed E-state index contributed by atoms with van der Waals surface area (Å²) in [5.41, 5.74) is 0.941. The minimum Gasteiger partial charge on any atom is -0.313 e. The summed E-state index contributed by atoms with van der Waals surface area (Å²) in [4.78, 5) is 4.05. The van der Waals surface area contributed by atoms with Crippen molar-refractivity contribution < 1.29 is 8.42 Å². The molecule has 0 saturated carbocycles. The molecule has 0 spiro atoms. The maximum atomic E-state index is 12.0. The van der Waals surface area contributed by atoms with Gasteiger partial charge in [0, 0.05) is 32.0 Å². The van der Waals surface area contributed by atoms with Crippen LogP contribution in [0.3, 0.4) is 0 Å². The molecule has 5 nitrogen and oxygen atoms in total. The zero-order chi connectivity index (χ0) is 12.3. The Hall–Kier alpha value is -0.690. The van der Waals surface area contributed by atoms with Crippen LogP contribution in [0.4, 0.5) is 0 Å². The highest BCUT2D eigenvalue weighted by Crippen LogP contribution is 2.24. The number of hydrogen-bond acceptors (Lipinski definition) is 4. The molecule has 2 heterocycles. The van der Waals surface area contributed by atoms with Crippen LogP contribution in [0, 0.1) is 0 Å². The van der Waals surface area contributed by atoms with Crippen molar-refractivity contribution in [2.75, 3.05) is 25.4 Å². The normalized spacial score (nSPS) is 21.3. The maximum absolute atomic E-state index is 12.0. The van der Waals surface area contributed by atoms with Gasteiger partial charge in [-0.05, 0) is 18.6 Å². The summed E-state index contributed by atoms with van der Waals surface area (Å²) >= 11 is 0. The summed E-state index contributed by atoms with van der Waals surface area (Å²) in [5, 5.41) is 3.23. The Bertz CT molecular complexity index is 466. The van der Waals surface area contributed by atoms with Gasteiger partial charge in [-0.3, -0.25) is 4.98 Å². The third kappa shape index (κ3) is 3.20. The average molecular weight is 292 g/mol. The second-order valence-corrected chi connectivity index (χ2v) is 6.23. The van der Waals surface area contributed by atoms with Gasteiger partial charge in [0.15, 0.2) is 0 Å². The Morgan fingerprint density at radius 3 is 2.94 bits per heavy atom. The highest BCUT2D eigenvalue weighted by molar-refractivity contribution is 7.89. The summed E-state index contributed by atoms with van der Waals surface area (Å²) in [6.45, 7) is 3.55. The topological polar surface area (TPSA) is 62.3 Å². The van der Waals surface area contributed by atoms with Crippen LogP contribution in [0.1, 0.15) is 18.5 Å². The molecule has 0 aliphatic carbocycles. The van der Waals surface area contributed by atoms with Crippen molar-refractivity contribution >= 4 is 22.4 Å². The lowest BCUT2D eigenvalue weighted by Crippen LogP contribution is -2.49. The molecule has 0 bridgehead atoms. The van der Waals surface area contributed by atoms with Crippen molar-refractivity contribution in [2.24, 2.45) is 0 Å². The molecule has 0 radical (unpaired) electrons. The minimum absolute atomic E-state index is 0. The molecule has 1 aromatic rings. The molecule has 0 aromatic carbocycles. The second kappa shape index (κ2) is 6.47. The van der Waals surface area contributed by atoms with E-state index in [0.29, 0.717) is 19.6 Å². The highest BCUT2D eigenvalue weighted by Gasteiger charge is 2.31. The van der Waals surface area contributed by atoms with Crippen LogP contribution in [0.2, 0.25) is 0 Å². The molecule has 7 heteroatoms. The van der Waals surface area contributed by atoms with Gasteiger partial charge in [-0.15, -0.1) is 12.4 Å². The number of pyridine rings is 1. The Balaban J connectivity index is 0.00000162. The number of sulfonamides is 1. The van der Waals surface area contributed by atoms with E-state index >= 15 is 0 Å². The van der Waals surface area contributed by atoms with Crippen LogP contribution in [0.15, 0.2) is 24.5 Å². The van der Waals surface area contributed by atoms with Gasteiger partial charge >= 0.3 is 0 Å². The van der Waals surface area contributed by atoms with Gasteiger partial charge in [-0.1, -0.05) is 6.07 Å². The molecule has 1 unspecified atom stereocenters. The second-order valence-electron chi connectivity index (χ2n) is 4.02. The molecule has 1 fully saturated rings. The molecule has 0 amide bonds. The first-order chi connectivity index (χ1) is 8.15. The van der Waals surface area contributed by atoms with Crippen molar-refractivity contribution in [3.8, 4) is 0 Å². The fourth-order valence-electron chi connectivity index (χ4n) is 2.04. The van der Waals surface area contributed by atoms with Gasteiger partial charge < -0.3 is 5.32 Å². The third-order valence-corrected chi connectivity index (χ3v) is 4.87. The van der Waals surface area contributed by atoms with Gasteiger partial charge in [-0.25, -0.2) is 8.42 Å². The SMILES string of the molecule is CCS(=O)(=O)N1CCNCC1c1cccnc1.Cl. The summed E-state index contributed by atoms with van der Waals surface area (Å²) in [6, 6.07) is 3.62. The van der Waals surface area contributed by atoms with Crippen molar-refractivity contribution in [2.45, 2.75) is 13.0 Å². The fraction of sp³-hybridized carbons (Fsp3) is 0.545. The van der Waals surface area contributed by atoms with Crippen molar-refractivity contribution in [3.05, 3.63) is 30.1 Å². The molecule has 18 heavy (non-hydrogen) atoms. The van der Waals surface area contributed by atoms with E-state index in [1.165, 1.54) is 0 Å². The smallest absolute Gasteiger partial charge is 0.214 e. The first kappa shape index (κ1) is 15.4. The summed E-state index contributed by atoms with van der Waals surface area (Å²) in [6.07, 6.45) is 3.42. The molecule has 2 rings (SSSR count). The summed E-state index contributed by atoms with van der Waals surface area (Å²) in [7, 11) is -3.15. The van der Waals surface area contributed by atoms with Gasteiger partial charge in [-0.2, -0.15) is 4.31 Å². The molecule has 1 aliphatic heterocycles. The zero-order valence-corrected chi connectivity index (χ0v) is 11.9. The molecule has 102 valence electrons. The van der Waals surface area contributed by atoms with E-state index in [1.54, 1.807) is 23.6 Å². The predicted octanol–water partition coefficient (Wildman–Crippen LogP) is 0.799. The largest absolute Gasteiger partial charge is 0.313 e. The Morgan fingerprint density at radius 2 is 2.33 bits per heavy atom. The molecule has 1 aliphatic rings. The molecule has 1 atom stereocenters. The number of hydrogen-bond donors (Lipinski definition) is 1. The number of piperazine rings is 1. The van der Waals surface area contributed by atoms with Crippen LogP contribution < -0.4 is 5.32 Å². The molecule has 1 aromatic heterocycles. The van der Waals surface area contributed by atoms with Gasteiger partial charge in [0.2, 0.25) is 10.0 Å². The standard InChI is InChI=1S/C11H17N3O2S.ClH/c1-2-17(15,16)14-7-6-13-9-11(14)10-4-3-5-12-8-10;/h3-5,8,11,13H,2,6-7,9H2,1H3;1H. The average Bonchev–Trinajstić information content (AvgIpc) is 2.40. The van der Waals surface area contributed by atoms with E-state index in [4.69, 9.17) is 0 Å². The highest BCUT2D eigenvalue weighted by atomic mass is 35.5. The van der Waals surface area contributed by atoms with E-state index in [9.17, 15) is 8.42 Å². The van der Waals surface area contributed by atoms with Crippen LogP contribution in [-0.4, -0.2) is 43.1 Å². The molecule has 1 saturated heterocycles. The van der Waals surface area contributed by atoms with E-state index in [2.05, 4.69) is 10.3 Å². The minimum atomic E-state index is -3.15. The van der Waals surface area contributed by atoms with Crippen LogP contribution in [0.5, 0.6) is 0 Å². The Morgan fingerprint density at radius 1 is 1.56 bits per heavy atom. The number of nitrogens with one attached hydrogen (secondary N) is 1. The van der Waals surface area contributed by atoms with Gasteiger partial charge in [0.05, 0.1) is 11.8 Å². The lowest BCUT2D eigenvalue weighted by molar-refractivity contribution is 0.271. The van der Waals surface area contributed by atoms with Crippen LogP contribution in [-0.2, 0) is 10.0 Å². The van der Waals surface area contributed by atoms with Crippen molar-refractivity contribution in [1.82, 2.24) is 14.6 Å². The zero-order valence-electron chi connectivity index (χ0n) is 10.2. The quantitative estimate of drug-likeness (QED) is 0.895. The Kier molecular flexibility index (Phi) is 5.52. The lowest BCUT2D eigenvalue weighted by Gasteiger charge is -2.35. The molecule has 1 N–H and O–H groups in total. The van der Waals surface area contributed by atoms with Crippen LogP contribution >= 0.6 is 12.4 Å². The predicted molar refractivity (Wildman–Crippen MR) is 73.3 cm³/mol. The number of nitrogens with zero attached hydrogens (tertiary/aromatic N) is 2. The van der Waals surface area contributed by atoms with E-state index in [-0.39, 0.29) is 24.2 Å². The molecular formula is C11H18ClN3O2S. The fourth-order valence-corrected chi connectivity index (χ4v) is 3.33. The third-order valence-electron chi connectivity index (χ3n) is 2.99. The lowest BCUT2D eigenvalue weighted by atomic mass is 10.1. The van der Waals surface area contributed by atoms with Gasteiger partial charge in [0.1, 0.15) is 0 Å². The number of rotatable bonds is 3. The molecular weight excluding hydrogens is 274 g/mol. The summed E-state index contributed by atoms with van der Waals surface area (Å²) < 4.78 is 25.6. The van der Waals surface area contributed by atoms with Gasteiger partial charge in [0.25, 0.3) is 0 Å². The van der Waals surface area contributed by atoms with Crippen LogP contribution in [0.25, 0.3) is 0 Å². The number of aromatic nitrogens is 1. The first-order valence-corrected chi connectivity index (χ1v) is 7.36. The first-order valence-electron chi connectivity index (χ1n) is 5.75. The summed E-state index contributed by atoms with van der Waals surface area (Å²) in [5.74, 6) is 0.143. The Labute approximate surface area is 114 Å². The van der Waals surface area contributed by atoms with E-state index < -0.39 is 10.0 Å². The number of halogens is 1. The van der Waals surface area contributed by atoms with Crippen molar-refractivity contribution in [3.63, 3.8) is 0 Å². The van der Waals surface area contributed by atoms with E-state index in [1.807, 2.05) is 12.1 Å². The monoisotopic (exact) mass is 291 g/mol. The maximum Gasteiger partial charge on any atom is 0.214 e. The van der Waals surface area contributed by atoms with Crippen molar-refractivity contribution in [1.29, 1.82) is 0 Å². The van der Waals surface area contributed by atoms with E-state index in [0.717, 1.165) is 5.56 Å².